The monoisotopic (exact) mass is 516 g/mol. The van der Waals surface area contributed by atoms with Crippen molar-refractivity contribution >= 4 is 45.7 Å². The molecule has 0 saturated carbocycles. The van der Waals surface area contributed by atoms with Gasteiger partial charge in [-0.15, -0.1) is 11.3 Å². The van der Waals surface area contributed by atoms with E-state index in [1.54, 1.807) is 11.3 Å². The minimum Gasteiger partial charge on any atom is -0.481 e. The first kappa shape index (κ1) is 26.5. The zero-order valence-corrected chi connectivity index (χ0v) is 21.0. The van der Waals surface area contributed by atoms with Crippen LogP contribution in [0.5, 0.6) is 0 Å². The van der Waals surface area contributed by atoms with Gasteiger partial charge in [0.05, 0.1) is 29.2 Å². The maximum Gasteiger partial charge on any atom is 0.303 e. The van der Waals surface area contributed by atoms with Gasteiger partial charge in [0.1, 0.15) is 0 Å². The molecule has 0 fully saturated rings. The fourth-order valence-corrected chi connectivity index (χ4v) is 4.58. The molecule has 5 N–H and O–H groups in total. The number of hydrogen-bond acceptors (Lipinski definition) is 7. The number of rotatable bonds is 8. The molecule has 0 radical (unpaired) electrons. The molecule has 186 valence electrons. The van der Waals surface area contributed by atoms with E-state index < -0.39 is 11.9 Å². The molecule has 2 heterocycles. The van der Waals surface area contributed by atoms with Crippen molar-refractivity contribution in [3.63, 3.8) is 0 Å². The van der Waals surface area contributed by atoms with Crippen LogP contribution in [0.1, 0.15) is 29.5 Å². The van der Waals surface area contributed by atoms with Crippen LogP contribution in [0.15, 0.2) is 41.8 Å². The number of thiazole rings is 1. The van der Waals surface area contributed by atoms with E-state index in [2.05, 4.69) is 56.6 Å². The highest BCUT2D eigenvalue weighted by Crippen LogP contribution is 2.31. The third-order valence-electron chi connectivity index (χ3n) is 5.47. The van der Waals surface area contributed by atoms with E-state index in [1.165, 1.54) is 16.7 Å². The summed E-state index contributed by atoms with van der Waals surface area (Å²) in [5.74, 6) is -2.15. The normalized spacial score (nSPS) is 12.5. The lowest BCUT2D eigenvalue weighted by atomic mass is 10.0. The Kier molecular flexibility index (Phi) is 9.89. The molecule has 10 heteroatoms. The number of carboxylic acids is 2. The Labute approximate surface area is 213 Å². The van der Waals surface area contributed by atoms with Crippen molar-refractivity contribution in [1.82, 2.24) is 10.3 Å². The summed E-state index contributed by atoms with van der Waals surface area (Å²) >= 11 is 8.12. The molecule has 8 nitrogen and oxygen atoms in total. The SMILES string of the molecule is CNc1nc(-c2ccc(CNc3c(Cl)ccc4c3CCNCC4)cc2)cs1.O=C(O)CCC(=O)O. The third-order valence-corrected chi connectivity index (χ3v) is 6.65. The molecule has 0 bridgehead atoms. The van der Waals surface area contributed by atoms with E-state index in [4.69, 9.17) is 21.8 Å². The molecular formula is C25H29ClN4O4S. The van der Waals surface area contributed by atoms with E-state index >= 15 is 0 Å². The minimum atomic E-state index is -1.08. The lowest BCUT2D eigenvalue weighted by Gasteiger charge is -2.16. The Morgan fingerprint density at radius 2 is 1.74 bits per heavy atom. The molecule has 2 aromatic carbocycles. The third kappa shape index (κ3) is 7.95. The maximum atomic E-state index is 9.64. The highest BCUT2D eigenvalue weighted by Gasteiger charge is 2.14. The van der Waals surface area contributed by atoms with Gasteiger partial charge in [-0.3, -0.25) is 9.59 Å². The molecule has 1 aliphatic rings. The molecule has 3 aromatic rings. The molecule has 0 unspecified atom stereocenters. The smallest absolute Gasteiger partial charge is 0.303 e. The van der Waals surface area contributed by atoms with Gasteiger partial charge in [0.2, 0.25) is 0 Å². The molecule has 0 atom stereocenters. The van der Waals surface area contributed by atoms with Crippen LogP contribution < -0.4 is 16.0 Å². The van der Waals surface area contributed by atoms with Crippen molar-refractivity contribution in [1.29, 1.82) is 0 Å². The molecule has 0 amide bonds. The number of nitrogens with zero attached hydrogens (tertiary/aromatic N) is 1. The Morgan fingerprint density at radius 3 is 2.37 bits per heavy atom. The number of aromatic nitrogens is 1. The van der Waals surface area contributed by atoms with E-state index in [1.807, 2.05) is 13.1 Å². The quantitative estimate of drug-likeness (QED) is 0.291. The zero-order chi connectivity index (χ0) is 25.2. The molecule has 0 spiro atoms. The van der Waals surface area contributed by atoms with E-state index in [9.17, 15) is 9.59 Å². The van der Waals surface area contributed by atoms with Crippen LogP contribution in [0.2, 0.25) is 5.02 Å². The van der Waals surface area contributed by atoms with Gasteiger partial charge in [-0.25, -0.2) is 4.98 Å². The number of aliphatic carboxylic acids is 2. The minimum absolute atomic E-state index is 0.296. The Balaban J connectivity index is 0.000000371. The largest absolute Gasteiger partial charge is 0.481 e. The van der Waals surface area contributed by atoms with Crippen molar-refractivity contribution in [2.45, 2.75) is 32.2 Å². The molecule has 0 saturated heterocycles. The van der Waals surface area contributed by atoms with Crippen molar-refractivity contribution in [2.24, 2.45) is 0 Å². The Bertz CT molecular complexity index is 1140. The Hall–Kier alpha value is -3.14. The molecule has 1 aromatic heterocycles. The molecule has 0 aliphatic carbocycles. The van der Waals surface area contributed by atoms with E-state index in [0.717, 1.165) is 59.6 Å². The summed E-state index contributed by atoms with van der Waals surface area (Å²) in [6.45, 7) is 2.78. The number of fused-ring (bicyclic) bond motifs is 1. The highest BCUT2D eigenvalue weighted by atomic mass is 35.5. The van der Waals surface area contributed by atoms with Gasteiger partial charge in [-0.2, -0.15) is 0 Å². The zero-order valence-electron chi connectivity index (χ0n) is 19.4. The van der Waals surface area contributed by atoms with Crippen LogP contribution in [-0.4, -0.2) is 47.3 Å². The summed E-state index contributed by atoms with van der Waals surface area (Å²) < 4.78 is 0. The van der Waals surface area contributed by atoms with Crippen LogP contribution in [0.4, 0.5) is 10.8 Å². The van der Waals surface area contributed by atoms with Crippen molar-refractivity contribution < 1.29 is 19.8 Å². The summed E-state index contributed by atoms with van der Waals surface area (Å²) in [5.41, 5.74) is 7.20. The first-order valence-corrected chi connectivity index (χ1v) is 12.5. The van der Waals surface area contributed by atoms with Gasteiger partial charge in [-0.05, 0) is 48.7 Å². The number of anilines is 2. The topological polar surface area (TPSA) is 124 Å². The fourth-order valence-electron chi connectivity index (χ4n) is 3.65. The van der Waals surface area contributed by atoms with Crippen molar-refractivity contribution in [2.75, 3.05) is 30.8 Å². The first-order chi connectivity index (χ1) is 16.9. The summed E-state index contributed by atoms with van der Waals surface area (Å²) in [7, 11) is 1.89. The second kappa shape index (κ2) is 13.1. The van der Waals surface area contributed by atoms with Crippen LogP contribution in [0, 0.1) is 0 Å². The number of carboxylic acid groups (broad SMARTS) is 2. The highest BCUT2D eigenvalue weighted by molar-refractivity contribution is 7.14. The van der Waals surface area contributed by atoms with E-state index in [-0.39, 0.29) is 12.8 Å². The van der Waals surface area contributed by atoms with Crippen molar-refractivity contribution in [3.05, 3.63) is 63.5 Å². The second-order valence-corrected chi connectivity index (χ2v) is 9.20. The summed E-state index contributed by atoms with van der Waals surface area (Å²) in [4.78, 5) is 23.8. The van der Waals surface area contributed by atoms with Crippen LogP contribution in [0.3, 0.4) is 0 Å². The van der Waals surface area contributed by atoms with Gasteiger partial charge < -0.3 is 26.2 Å². The molecule has 1 aliphatic heterocycles. The number of nitrogens with one attached hydrogen (secondary N) is 3. The number of halogens is 1. The average molecular weight is 517 g/mol. The Morgan fingerprint density at radius 1 is 1.06 bits per heavy atom. The average Bonchev–Trinajstić information content (AvgIpc) is 3.21. The van der Waals surface area contributed by atoms with Gasteiger partial charge in [0.25, 0.3) is 0 Å². The second-order valence-electron chi connectivity index (χ2n) is 7.94. The molecule has 4 rings (SSSR count). The van der Waals surface area contributed by atoms with E-state index in [0.29, 0.717) is 0 Å². The number of hydrogen-bond donors (Lipinski definition) is 5. The van der Waals surface area contributed by atoms with Gasteiger partial charge in [0, 0.05) is 24.5 Å². The van der Waals surface area contributed by atoms with Crippen LogP contribution >= 0.6 is 22.9 Å². The van der Waals surface area contributed by atoms with Gasteiger partial charge in [-0.1, -0.05) is 41.9 Å². The number of carbonyl (C=O) groups is 2. The predicted octanol–water partition coefficient (Wildman–Crippen LogP) is 4.74. The lowest BCUT2D eigenvalue weighted by Crippen LogP contribution is -2.16. The van der Waals surface area contributed by atoms with Crippen LogP contribution in [0.25, 0.3) is 11.3 Å². The molecule has 35 heavy (non-hydrogen) atoms. The molecular weight excluding hydrogens is 488 g/mol. The lowest BCUT2D eigenvalue weighted by molar-refractivity contribution is -0.143. The van der Waals surface area contributed by atoms with Gasteiger partial charge >= 0.3 is 11.9 Å². The standard InChI is InChI=1S/C21H23ClN4S.C4H6O4/c1-23-21-26-19(13-27-21)16-4-2-14(3-5-16)12-25-20-17-9-11-24-10-8-15(17)6-7-18(20)22;5-3(6)1-2-4(7)8/h2-7,13,24-25H,8-12H2,1H3,(H,23,26);1-2H2,(H,5,6)(H,7,8). The first-order valence-electron chi connectivity index (χ1n) is 11.3. The predicted molar refractivity (Wildman–Crippen MR) is 141 cm³/mol. The van der Waals surface area contributed by atoms with Crippen LogP contribution in [-0.2, 0) is 29.0 Å². The van der Waals surface area contributed by atoms with Gasteiger partial charge in [0.15, 0.2) is 5.13 Å². The van der Waals surface area contributed by atoms with Crippen molar-refractivity contribution in [3.8, 4) is 11.3 Å². The summed E-state index contributed by atoms with van der Waals surface area (Å²) in [6.07, 6.45) is 1.47. The summed E-state index contributed by atoms with van der Waals surface area (Å²) in [5, 5.41) is 29.7. The number of benzene rings is 2. The summed E-state index contributed by atoms with van der Waals surface area (Å²) in [6, 6.07) is 12.7. The fraction of sp³-hybridized carbons (Fsp3) is 0.320. The maximum absolute atomic E-state index is 9.64.